The Morgan fingerprint density at radius 2 is 1.91 bits per heavy atom. The first-order valence-corrected chi connectivity index (χ1v) is 10.4. The molecule has 0 aromatic heterocycles. The Morgan fingerprint density at radius 3 is 2.70 bits per heavy atom. The highest BCUT2D eigenvalue weighted by Gasteiger charge is 2.27. The Labute approximate surface area is 145 Å². The SMILES string of the molecule is O=C(O)CCCC=CC[C@H]1COC[C@H]1CCSC1CCCCC1. The van der Waals surface area contributed by atoms with Crippen LogP contribution in [0.15, 0.2) is 12.2 Å². The second-order valence-electron chi connectivity index (χ2n) is 6.97. The molecule has 1 saturated heterocycles. The van der Waals surface area contributed by atoms with Gasteiger partial charge in [-0.1, -0.05) is 31.4 Å². The lowest BCUT2D eigenvalue weighted by Gasteiger charge is -2.22. The Hall–Kier alpha value is -0.480. The zero-order valence-corrected chi connectivity index (χ0v) is 15.1. The second-order valence-corrected chi connectivity index (χ2v) is 8.38. The van der Waals surface area contributed by atoms with Gasteiger partial charge in [0.2, 0.25) is 0 Å². The minimum atomic E-state index is -0.696. The highest BCUT2D eigenvalue weighted by atomic mass is 32.2. The van der Waals surface area contributed by atoms with E-state index in [2.05, 4.69) is 23.9 Å². The van der Waals surface area contributed by atoms with Gasteiger partial charge >= 0.3 is 5.97 Å². The molecular weight excluding hydrogens is 308 g/mol. The summed E-state index contributed by atoms with van der Waals surface area (Å²) in [4.78, 5) is 10.5. The second kappa shape index (κ2) is 11.1. The summed E-state index contributed by atoms with van der Waals surface area (Å²) in [5.74, 6) is 1.97. The van der Waals surface area contributed by atoms with Crippen molar-refractivity contribution in [3.63, 3.8) is 0 Å². The summed E-state index contributed by atoms with van der Waals surface area (Å²) < 4.78 is 5.70. The van der Waals surface area contributed by atoms with Crippen LogP contribution in [0.25, 0.3) is 0 Å². The first-order valence-electron chi connectivity index (χ1n) is 9.32. The van der Waals surface area contributed by atoms with E-state index in [1.807, 2.05) is 0 Å². The topological polar surface area (TPSA) is 46.5 Å². The van der Waals surface area contributed by atoms with E-state index < -0.39 is 5.97 Å². The summed E-state index contributed by atoms with van der Waals surface area (Å²) in [6.45, 7) is 1.83. The van der Waals surface area contributed by atoms with E-state index in [1.54, 1.807) is 0 Å². The molecule has 2 fully saturated rings. The molecule has 1 aliphatic heterocycles. The molecule has 0 aromatic carbocycles. The molecule has 0 amide bonds. The van der Waals surface area contributed by atoms with Gasteiger partial charge in [0.1, 0.15) is 0 Å². The zero-order valence-electron chi connectivity index (χ0n) is 14.3. The Bertz CT molecular complexity index is 364. The number of hydrogen-bond donors (Lipinski definition) is 1. The number of carbonyl (C=O) groups is 1. The smallest absolute Gasteiger partial charge is 0.303 e. The van der Waals surface area contributed by atoms with E-state index in [4.69, 9.17) is 9.84 Å². The Balaban J connectivity index is 1.56. The van der Waals surface area contributed by atoms with Crippen molar-refractivity contribution in [3.05, 3.63) is 12.2 Å². The molecule has 0 unspecified atom stereocenters. The van der Waals surface area contributed by atoms with Gasteiger partial charge in [0.15, 0.2) is 0 Å². The number of carboxylic acids is 1. The van der Waals surface area contributed by atoms with Crippen molar-refractivity contribution in [2.45, 2.75) is 69.5 Å². The molecule has 2 aliphatic rings. The number of ether oxygens (including phenoxy) is 1. The number of carboxylic acid groups (broad SMARTS) is 1. The minimum absolute atomic E-state index is 0.276. The third-order valence-electron chi connectivity index (χ3n) is 5.09. The number of aliphatic carboxylic acids is 1. The molecule has 132 valence electrons. The largest absolute Gasteiger partial charge is 0.481 e. The van der Waals surface area contributed by atoms with Crippen LogP contribution in [-0.2, 0) is 9.53 Å². The van der Waals surface area contributed by atoms with Crippen LogP contribution >= 0.6 is 11.8 Å². The molecular formula is C19H32O3S. The summed E-state index contributed by atoms with van der Waals surface area (Å²) in [6, 6.07) is 0. The fraction of sp³-hybridized carbons (Fsp3) is 0.842. The van der Waals surface area contributed by atoms with Crippen LogP contribution in [0, 0.1) is 11.8 Å². The van der Waals surface area contributed by atoms with E-state index in [0.29, 0.717) is 5.92 Å². The number of hydrogen-bond acceptors (Lipinski definition) is 3. The molecule has 1 N–H and O–H groups in total. The summed E-state index contributed by atoms with van der Waals surface area (Å²) in [5.41, 5.74) is 0. The molecule has 2 atom stereocenters. The molecule has 0 bridgehead atoms. The summed E-state index contributed by atoms with van der Waals surface area (Å²) >= 11 is 2.19. The van der Waals surface area contributed by atoms with Gasteiger partial charge < -0.3 is 9.84 Å². The van der Waals surface area contributed by atoms with E-state index in [0.717, 1.165) is 43.6 Å². The van der Waals surface area contributed by atoms with Gasteiger partial charge in [-0.25, -0.2) is 0 Å². The predicted molar refractivity (Wildman–Crippen MR) is 97.0 cm³/mol. The first-order chi connectivity index (χ1) is 11.3. The predicted octanol–water partition coefficient (Wildman–Crippen LogP) is 4.91. The van der Waals surface area contributed by atoms with Crippen LogP contribution in [0.1, 0.15) is 64.2 Å². The van der Waals surface area contributed by atoms with Crippen LogP contribution in [0.2, 0.25) is 0 Å². The average Bonchev–Trinajstić information content (AvgIpc) is 2.99. The highest BCUT2D eigenvalue weighted by molar-refractivity contribution is 7.99. The van der Waals surface area contributed by atoms with E-state index in [1.165, 1.54) is 44.3 Å². The molecule has 23 heavy (non-hydrogen) atoms. The van der Waals surface area contributed by atoms with Gasteiger partial charge in [-0.15, -0.1) is 0 Å². The zero-order chi connectivity index (χ0) is 16.3. The van der Waals surface area contributed by atoms with Crippen LogP contribution in [0.3, 0.4) is 0 Å². The average molecular weight is 341 g/mol. The lowest BCUT2D eigenvalue weighted by molar-refractivity contribution is -0.137. The van der Waals surface area contributed by atoms with Gasteiger partial charge in [-0.05, 0) is 56.1 Å². The Kier molecular flexibility index (Phi) is 9.13. The summed E-state index contributed by atoms with van der Waals surface area (Å²) in [6.07, 6.45) is 15.8. The number of allylic oxidation sites excluding steroid dienone is 2. The number of unbranched alkanes of at least 4 members (excludes halogenated alkanes) is 1. The minimum Gasteiger partial charge on any atom is -0.481 e. The normalized spacial score (nSPS) is 26.1. The van der Waals surface area contributed by atoms with Crippen molar-refractivity contribution in [2.24, 2.45) is 11.8 Å². The third-order valence-corrected chi connectivity index (χ3v) is 6.51. The lowest BCUT2D eigenvalue weighted by atomic mass is 9.90. The monoisotopic (exact) mass is 340 g/mol. The van der Waals surface area contributed by atoms with Gasteiger partial charge in [0, 0.05) is 18.3 Å². The van der Waals surface area contributed by atoms with Crippen molar-refractivity contribution in [2.75, 3.05) is 19.0 Å². The number of thioether (sulfide) groups is 1. The van der Waals surface area contributed by atoms with Crippen LogP contribution in [0.5, 0.6) is 0 Å². The standard InChI is InChI=1S/C19H32O3S/c20-19(21)11-7-2-1-4-8-16-14-22-15-17(16)12-13-23-18-9-5-3-6-10-18/h1,4,16-18H,2-3,5-15H2,(H,20,21)/t16-,17+/m0/s1. The van der Waals surface area contributed by atoms with Crippen LogP contribution < -0.4 is 0 Å². The van der Waals surface area contributed by atoms with Crippen molar-refractivity contribution < 1.29 is 14.6 Å². The van der Waals surface area contributed by atoms with Crippen molar-refractivity contribution >= 4 is 17.7 Å². The maximum Gasteiger partial charge on any atom is 0.303 e. The van der Waals surface area contributed by atoms with Gasteiger partial charge in [0.05, 0.1) is 6.61 Å². The van der Waals surface area contributed by atoms with E-state index >= 15 is 0 Å². The van der Waals surface area contributed by atoms with Crippen LogP contribution in [-0.4, -0.2) is 35.3 Å². The lowest BCUT2D eigenvalue weighted by Crippen LogP contribution is -2.14. The fourth-order valence-electron chi connectivity index (χ4n) is 3.60. The molecule has 2 rings (SSSR count). The van der Waals surface area contributed by atoms with Crippen molar-refractivity contribution in [1.82, 2.24) is 0 Å². The first kappa shape index (κ1) is 18.9. The summed E-state index contributed by atoms with van der Waals surface area (Å²) in [7, 11) is 0. The molecule has 4 heteroatoms. The Morgan fingerprint density at radius 1 is 1.13 bits per heavy atom. The fourth-order valence-corrected chi connectivity index (χ4v) is 5.04. The van der Waals surface area contributed by atoms with Crippen LogP contribution in [0.4, 0.5) is 0 Å². The summed E-state index contributed by atoms with van der Waals surface area (Å²) in [5, 5.41) is 9.53. The molecule has 0 radical (unpaired) electrons. The molecule has 0 aromatic rings. The van der Waals surface area contributed by atoms with Crippen molar-refractivity contribution in [3.8, 4) is 0 Å². The van der Waals surface area contributed by atoms with E-state index in [9.17, 15) is 4.79 Å². The highest BCUT2D eigenvalue weighted by Crippen LogP contribution is 2.32. The van der Waals surface area contributed by atoms with Gasteiger partial charge in [-0.3, -0.25) is 4.79 Å². The molecule has 1 heterocycles. The number of rotatable bonds is 10. The maximum absolute atomic E-state index is 10.5. The molecule has 0 spiro atoms. The van der Waals surface area contributed by atoms with Crippen molar-refractivity contribution in [1.29, 1.82) is 0 Å². The van der Waals surface area contributed by atoms with E-state index in [-0.39, 0.29) is 6.42 Å². The molecule has 1 aliphatic carbocycles. The van der Waals surface area contributed by atoms with Gasteiger partial charge in [0.25, 0.3) is 0 Å². The quantitative estimate of drug-likeness (QED) is 0.453. The maximum atomic E-state index is 10.5. The molecule has 3 nitrogen and oxygen atoms in total. The third kappa shape index (κ3) is 7.75. The van der Waals surface area contributed by atoms with Gasteiger partial charge in [-0.2, -0.15) is 11.8 Å². The molecule has 1 saturated carbocycles.